The third-order valence-electron chi connectivity index (χ3n) is 3.63. The van der Waals surface area contributed by atoms with Crippen molar-refractivity contribution in [3.63, 3.8) is 0 Å². The number of hydrogen-bond acceptors (Lipinski definition) is 4. The molecule has 2 rings (SSSR count). The number of piperidine rings is 1. The third-order valence-corrected chi connectivity index (χ3v) is 3.63. The van der Waals surface area contributed by atoms with Crippen LogP contribution in [0.2, 0.25) is 0 Å². The summed E-state index contributed by atoms with van der Waals surface area (Å²) in [6.07, 6.45) is 0.822. The zero-order chi connectivity index (χ0) is 13.1. The number of β-amino-alcohol motifs (C(OH)–C–C–N with tert-alkyl or cyclic N) is 1. The molecule has 0 radical (unpaired) electrons. The monoisotopic (exact) mass is 250 g/mol. The number of rotatable bonds is 3. The van der Waals surface area contributed by atoms with Gasteiger partial charge in [-0.05, 0) is 36.6 Å². The van der Waals surface area contributed by atoms with Crippen molar-refractivity contribution in [2.45, 2.75) is 26.0 Å². The number of likely N-dealkylation sites (tertiary alicyclic amines) is 1. The highest BCUT2D eigenvalue weighted by Crippen LogP contribution is 2.22. The second-order valence-electron chi connectivity index (χ2n) is 5.18. The Bertz CT molecular complexity index is 409. The van der Waals surface area contributed by atoms with Crippen molar-refractivity contribution >= 4 is 5.69 Å². The van der Waals surface area contributed by atoms with Crippen LogP contribution < -0.4 is 10.5 Å². The predicted octanol–water partition coefficient (Wildman–Crippen LogP) is 1.48. The van der Waals surface area contributed by atoms with Crippen LogP contribution in [0.1, 0.15) is 18.9 Å². The number of anilines is 1. The van der Waals surface area contributed by atoms with Crippen LogP contribution in [0.15, 0.2) is 18.2 Å². The van der Waals surface area contributed by atoms with E-state index in [1.54, 1.807) is 7.11 Å². The van der Waals surface area contributed by atoms with E-state index in [4.69, 9.17) is 10.5 Å². The van der Waals surface area contributed by atoms with Gasteiger partial charge in [-0.15, -0.1) is 0 Å². The molecule has 1 saturated heterocycles. The molecule has 1 heterocycles. The average molecular weight is 250 g/mol. The highest BCUT2D eigenvalue weighted by molar-refractivity contribution is 5.47. The molecule has 100 valence electrons. The lowest BCUT2D eigenvalue weighted by molar-refractivity contribution is 0.0259. The van der Waals surface area contributed by atoms with Gasteiger partial charge in [0.25, 0.3) is 0 Å². The van der Waals surface area contributed by atoms with Gasteiger partial charge in [0.05, 0.1) is 13.2 Å². The average Bonchev–Trinajstić information content (AvgIpc) is 2.33. The lowest BCUT2D eigenvalue weighted by Gasteiger charge is -2.34. The number of nitrogen functional groups attached to an aromatic ring is 1. The number of hydrogen-bond donors (Lipinski definition) is 2. The largest absolute Gasteiger partial charge is 0.497 e. The van der Waals surface area contributed by atoms with Gasteiger partial charge in [0.1, 0.15) is 5.75 Å². The lowest BCUT2D eigenvalue weighted by atomic mass is 9.96. The molecule has 1 aromatic carbocycles. The second-order valence-corrected chi connectivity index (χ2v) is 5.18. The first-order chi connectivity index (χ1) is 8.58. The quantitative estimate of drug-likeness (QED) is 0.798. The van der Waals surface area contributed by atoms with Gasteiger partial charge < -0.3 is 15.6 Å². The Morgan fingerprint density at radius 2 is 2.22 bits per heavy atom. The van der Waals surface area contributed by atoms with Crippen molar-refractivity contribution in [2.75, 3.05) is 25.9 Å². The van der Waals surface area contributed by atoms with E-state index in [-0.39, 0.29) is 6.10 Å². The van der Waals surface area contributed by atoms with Crippen LogP contribution in [0.3, 0.4) is 0 Å². The van der Waals surface area contributed by atoms with E-state index >= 15 is 0 Å². The maximum atomic E-state index is 9.89. The van der Waals surface area contributed by atoms with Crippen LogP contribution in [0.25, 0.3) is 0 Å². The highest BCUT2D eigenvalue weighted by atomic mass is 16.5. The third kappa shape index (κ3) is 3.15. The summed E-state index contributed by atoms with van der Waals surface area (Å²) in [6, 6.07) is 5.78. The fraction of sp³-hybridized carbons (Fsp3) is 0.571. The Labute approximate surface area is 108 Å². The van der Waals surface area contributed by atoms with Gasteiger partial charge in [0.2, 0.25) is 0 Å². The predicted molar refractivity (Wildman–Crippen MR) is 72.5 cm³/mol. The summed E-state index contributed by atoms with van der Waals surface area (Å²) in [7, 11) is 1.64. The molecule has 1 aliphatic rings. The molecular weight excluding hydrogens is 228 g/mol. The molecule has 1 aliphatic heterocycles. The van der Waals surface area contributed by atoms with Gasteiger partial charge in [-0.2, -0.15) is 0 Å². The Morgan fingerprint density at radius 1 is 1.44 bits per heavy atom. The van der Waals surface area contributed by atoms with E-state index < -0.39 is 0 Å². The fourth-order valence-electron chi connectivity index (χ4n) is 2.41. The van der Waals surface area contributed by atoms with E-state index in [1.807, 2.05) is 18.2 Å². The minimum absolute atomic E-state index is 0.221. The number of methoxy groups -OCH3 is 1. The summed E-state index contributed by atoms with van der Waals surface area (Å²) in [5, 5.41) is 9.89. The Kier molecular flexibility index (Phi) is 4.09. The van der Waals surface area contributed by atoms with Gasteiger partial charge in [-0.25, -0.2) is 0 Å². The van der Waals surface area contributed by atoms with E-state index in [0.717, 1.165) is 43.1 Å². The zero-order valence-corrected chi connectivity index (χ0v) is 11.1. The van der Waals surface area contributed by atoms with Crippen LogP contribution in [-0.4, -0.2) is 36.3 Å². The van der Waals surface area contributed by atoms with Gasteiger partial charge in [0, 0.05) is 24.8 Å². The zero-order valence-electron chi connectivity index (χ0n) is 11.1. The fourth-order valence-corrected chi connectivity index (χ4v) is 2.41. The number of nitrogens with two attached hydrogens (primary N) is 1. The minimum atomic E-state index is -0.221. The number of ether oxygens (including phenoxy) is 1. The van der Waals surface area contributed by atoms with Gasteiger partial charge in [-0.1, -0.05) is 6.92 Å². The van der Waals surface area contributed by atoms with Gasteiger partial charge >= 0.3 is 0 Å². The molecule has 0 spiro atoms. The smallest absolute Gasteiger partial charge is 0.121 e. The summed E-state index contributed by atoms with van der Waals surface area (Å²) in [5.41, 5.74) is 7.69. The standard InChI is InChI=1S/C14H22N2O2/c1-10-3-4-16(9-14(10)17)8-11-5-12(15)7-13(6-11)18-2/h5-7,10,14,17H,3-4,8-9,15H2,1-2H3. The first-order valence-electron chi connectivity index (χ1n) is 6.42. The molecule has 0 amide bonds. The van der Waals surface area contributed by atoms with E-state index in [9.17, 15) is 5.11 Å². The van der Waals surface area contributed by atoms with Crippen LogP contribution >= 0.6 is 0 Å². The molecule has 2 unspecified atom stereocenters. The topological polar surface area (TPSA) is 58.7 Å². The van der Waals surface area contributed by atoms with Crippen LogP contribution in [0.5, 0.6) is 5.75 Å². The minimum Gasteiger partial charge on any atom is -0.497 e. The lowest BCUT2D eigenvalue weighted by Crippen LogP contribution is -2.42. The Balaban J connectivity index is 2.03. The van der Waals surface area contributed by atoms with Crippen molar-refractivity contribution in [1.82, 2.24) is 4.90 Å². The molecule has 1 fully saturated rings. The van der Waals surface area contributed by atoms with Gasteiger partial charge in [0.15, 0.2) is 0 Å². The maximum absolute atomic E-state index is 9.89. The second kappa shape index (κ2) is 5.59. The molecule has 4 nitrogen and oxygen atoms in total. The van der Waals surface area contributed by atoms with Crippen molar-refractivity contribution in [3.8, 4) is 5.75 Å². The molecule has 1 aromatic rings. The summed E-state index contributed by atoms with van der Waals surface area (Å²) < 4.78 is 5.22. The van der Waals surface area contributed by atoms with Gasteiger partial charge in [-0.3, -0.25) is 4.90 Å². The van der Waals surface area contributed by atoms with Crippen LogP contribution in [-0.2, 0) is 6.54 Å². The highest BCUT2D eigenvalue weighted by Gasteiger charge is 2.24. The van der Waals surface area contributed by atoms with Crippen molar-refractivity contribution in [1.29, 1.82) is 0 Å². The van der Waals surface area contributed by atoms with Crippen molar-refractivity contribution in [2.24, 2.45) is 5.92 Å². The molecular formula is C14H22N2O2. The molecule has 3 N–H and O–H groups in total. The molecule has 0 aromatic heterocycles. The first kappa shape index (κ1) is 13.2. The molecule has 4 heteroatoms. The summed E-state index contributed by atoms with van der Waals surface area (Å²) in [5.74, 6) is 1.19. The molecule has 0 aliphatic carbocycles. The summed E-state index contributed by atoms with van der Waals surface area (Å²) >= 11 is 0. The van der Waals surface area contributed by atoms with Crippen LogP contribution in [0, 0.1) is 5.92 Å². The van der Waals surface area contributed by atoms with E-state index in [1.165, 1.54) is 0 Å². The molecule has 0 saturated carbocycles. The SMILES string of the molecule is COc1cc(N)cc(CN2CCC(C)C(O)C2)c1. The maximum Gasteiger partial charge on any atom is 0.121 e. The molecule has 2 atom stereocenters. The normalized spacial score (nSPS) is 25.1. The number of nitrogens with zero attached hydrogens (tertiary/aromatic N) is 1. The number of aliphatic hydroxyl groups is 1. The molecule has 18 heavy (non-hydrogen) atoms. The number of benzene rings is 1. The summed E-state index contributed by atoms with van der Waals surface area (Å²) in [6.45, 7) is 4.67. The number of aliphatic hydroxyl groups excluding tert-OH is 1. The van der Waals surface area contributed by atoms with E-state index in [2.05, 4.69) is 11.8 Å². The molecule has 0 bridgehead atoms. The van der Waals surface area contributed by atoms with E-state index in [0.29, 0.717) is 5.92 Å². The van der Waals surface area contributed by atoms with Crippen molar-refractivity contribution < 1.29 is 9.84 Å². The Morgan fingerprint density at radius 3 is 2.89 bits per heavy atom. The first-order valence-corrected chi connectivity index (χ1v) is 6.42. The summed E-state index contributed by atoms with van der Waals surface area (Å²) in [4.78, 5) is 2.26. The Hall–Kier alpha value is -1.26. The van der Waals surface area contributed by atoms with Crippen LogP contribution in [0.4, 0.5) is 5.69 Å². The van der Waals surface area contributed by atoms with Crippen molar-refractivity contribution in [3.05, 3.63) is 23.8 Å².